The van der Waals surface area contributed by atoms with Gasteiger partial charge in [-0.25, -0.2) is 0 Å². The van der Waals surface area contributed by atoms with Crippen LogP contribution < -0.4 is 4.90 Å². The van der Waals surface area contributed by atoms with Gasteiger partial charge < -0.3 is 4.90 Å². The van der Waals surface area contributed by atoms with Crippen LogP contribution in [-0.2, 0) is 10.8 Å². The lowest BCUT2D eigenvalue weighted by Crippen LogP contribution is -2.55. The summed E-state index contributed by atoms with van der Waals surface area (Å²) in [6.45, 7) is 4.75. The Morgan fingerprint density at radius 1 is 0.407 bits per heavy atom. The van der Waals surface area contributed by atoms with Crippen molar-refractivity contribution in [3.63, 3.8) is 0 Å². The maximum atomic E-state index is 2.62. The number of benzene rings is 7. The molecule has 0 aromatic heterocycles. The van der Waals surface area contributed by atoms with Crippen LogP contribution in [0, 0.1) is 23.7 Å². The van der Waals surface area contributed by atoms with E-state index in [4.69, 9.17) is 0 Å². The zero-order valence-corrected chi connectivity index (χ0v) is 31.2. The minimum absolute atomic E-state index is 0.0668. The van der Waals surface area contributed by atoms with E-state index >= 15 is 0 Å². The van der Waals surface area contributed by atoms with Crippen molar-refractivity contribution >= 4 is 27.8 Å². The lowest BCUT2D eigenvalue weighted by Gasteiger charge is -2.61. The van der Waals surface area contributed by atoms with E-state index in [0.717, 1.165) is 23.7 Å². The second kappa shape index (κ2) is 11.1. The number of hydrogen-bond donors (Lipinski definition) is 0. The first-order valence-electron chi connectivity index (χ1n) is 20.3. The van der Waals surface area contributed by atoms with E-state index in [2.05, 4.69) is 170 Å². The smallest absolute Gasteiger partial charge is 0.0468 e. The number of rotatable bonds is 4. The van der Waals surface area contributed by atoms with E-state index in [9.17, 15) is 0 Å². The highest BCUT2D eigenvalue weighted by atomic mass is 15.1. The molecule has 0 saturated heterocycles. The molecule has 0 amide bonds. The summed E-state index contributed by atoms with van der Waals surface area (Å²) >= 11 is 0. The van der Waals surface area contributed by atoms with Gasteiger partial charge in [0.15, 0.2) is 0 Å². The fraction of sp³-hybridized carbons (Fsp3) is 0.245. The van der Waals surface area contributed by atoms with Crippen LogP contribution in [0.4, 0.5) is 17.1 Å². The van der Waals surface area contributed by atoms with E-state index in [1.165, 1.54) is 104 Å². The van der Waals surface area contributed by atoms with Gasteiger partial charge in [-0.15, -0.1) is 0 Å². The van der Waals surface area contributed by atoms with Gasteiger partial charge in [0.1, 0.15) is 0 Å². The predicted molar refractivity (Wildman–Crippen MR) is 225 cm³/mol. The maximum Gasteiger partial charge on any atom is 0.0468 e. The lowest BCUT2D eigenvalue weighted by atomic mass is 9.43. The SMILES string of the molecule is CC1(C)c2ccccc2-c2ccc(N(c3ccc(-c4ccc5c(c4)C4(c6ccccc6-5)C5CC6CC(C5)CC4C6)cc3)c3ccc4ccccc4c3)cc21. The van der Waals surface area contributed by atoms with Crippen molar-refractivity contribution in [3.8, 4) is 33.4 Å². The average Bonchev–Trinajstić information content (AvgIpc) is 3.62. The molecule has 4 bridgehead atoms. The van der Waals surface area contributed by atoms with E-state index in [1.807, 2.05) is 0 Å². The Bertz CT molecular complexity index is 2630. The van der Waals surface area contributed by atoms with Crippen LogP contribution in [0.3, 0.4) is 0 Å². The number of hydrogen-bond acceptors (Lipinski definition) is 1. The molecule has 7 aromatic carbocycles. The fourth-order valence-electron chi connectivity index (χ4n) is 12.7. The molecule has 0 unspecified atom stereocenters. The topological polar surface area (TPSA) is 3.24 Å². The van der Waals surface area contributed by atoms with Crippen molar-refractivity contribution in [1.29, 1.82) is 0 Å². The monoisotopic (exact) mass is 695 g/mol. The molecule has 4 saturated carbocycles. The standard InChI is InChI=1S/C53H45N/c1-52(2)48-13-7-5-11-44(48)46-24-22-43(32-50(46)52)54(42-21-17-35-9-3-4-10-37(35)30-42)41-19-15-36(16-20-41)38-18-23-47-45-12-6-8-14-49(45)53(51(47)31-38)39-26-33-25-34(28-39)29-40(53)27-33/h3-24,30-34,39-40H,25-29H2,1-2H3. The molecule has 54 heavy (non-hydrogen) atoms. The van der Waals surface area contributed by atoms with E-state index < -0.39 is 0 Å². The van der Waals surface area contributed by atoms with Crippen molar-refractivity contribution in [2.24, 2.45) is 23.7 Å². The third-order valence-electron chi connectivity index (χ3n) is 14.8. The number of fused-ring (bicyclic) bond motifs is 7. The molecule has 0 heterocycles. The van der Waals surface area contributed by atoms with Crippen molar-refractivity contribution in [1.82, 2.24) is 0 Å². The largest absolute Gasteiger partial charge is 0.310 e. The highest BCUT2D eigenvalue weighted by Crippen LogP contribution is 2.69. The molecule has 262 valence electrons. The minimum Gasteiger partial charge on any atom is -0.310 e. The Kier molecular flexibility index (Phi) is 6.36. The maximum absolute atomic E-state index is 2.62. The molecular formula is C53H45N. The Morgan fingerprint density at radius 2 is 0.944 bits per heavy atom. The first kappa shape index (κ1) is 31.0. The summed E-state index contributed by atoms with van der Waals surface area (Å²) in [4.78, 5) is 2.46. The first-order chi connectivity index (χ1) is 26.5. The normalized spacial score (nSPS) is 24.7. The van der Waals surface area contributed by atoms with Gasteiger partial charge in [0.2, 0.25) is 0 Å². The van der Waals surface area contributed by atoms with Crippen LogP contribution in [0.5, 0.6) is 0 Å². The lowest BCUT2D eigenvalue weighted by molar-refractivity contribution is -0.0399. The second-order valence-electron chi connectivity index (χ2n) is 17.8. The molecule has 0 aliphatic heterocycles. The van der Waals surface area contributed by atoms with Gasteiger partial charge >= 0.3 is 0 Å². The molecule has 13 rings (SSSR count). The van der Waals surface area contributed by atoms with Gasteiger partial charge in [-0.2, -0.15) is 0 Å². The zero-order valence-electron chi connectivity index (χ0n) is 31.2. The molecular weight excluding hydrogens is 651 g/mol. The quantitative estimate of drug-likeness (QED) is 0.177. The molecule has 7 aromatic rings. The van der Waals surface area contributed by atoms with Crippen molar-refractivity contribution in [3.05, 3.63) is 174 Å². The molecule has 1 heteroatoms. The third-order valence-corrected chi connectivity index (χ3v) is 14.8. The van der Waals surface area contributed by atoms with Crippen molar-refractivity contribution in [2.45, 2.75) is 56.8 Å². The molecule has 4 fully saturated rings. The summed E-state index contributed by atoms with van der Waals surface area (Å²) in [6.07, 6.45) is 7.14. The molecule has 6 aliphatic rings. The first-order valence-corrected chi connectivity index (χ1v) is 20.3. The van der Waals surface area contributed by atoms with Gasteiger partial charge in [0, 0.05) is 27.9 Å². The Hall–Kier alpha value is -5.40. The summed E-state index contributed by atoms with van der Waals surface area (Å²) in [6, 6.07) is 58.0. The summed E-state index contributed by atoms with van der Waals surface area (Å²) < 4.78 is 0. The summed E-state index contributed by atoms with van der Waals surface area (Å²) in [5.74, 6) is 3.44. The van der Waals surface area contributed by atoms with Crippen LogP contribution in [0.1, 0.15) is 68.2 Å². The Balaban J connectivity index is 0.969. The fourth-order valence-corrected chi connectivity index (χ4v) is 12.7. The molecule has 0 radical (unpaired) electrons. The summed E-state index contributed by atoms with van der Waals surface area (Å²) in [5, 5.41) is 2.51. The van der Waals surface area contributed by atoms with Gasteiger partial charge in [-0.05, 0) is 165 Å². The molecule has 0 atom stereocenters. The number of nitrogens with zero attached hydrogens (tertiary/aromatic N) is 1. The molecule has 6 aliphatic carbocycles. The van der Waals surface area contributed by atoms with E-state index in [-0.39, 0.29) is 10.8 Å². The predicted octanol–water partition coefficient (Wildman–Crippen LogP) is 14.0. The van der Waals surface area contributed by atoms with Gasteiger partial charge in [0.25, 0.3) is 0 Å². The molecule has 0 N–H and O–H groups in total. The van der Waals surface area contributed by atoms with E-state index in [1.54, 1.807) is 11.1 Å². The highest BCUT2D eigenvalue weighted by Gasteiger charge is 2.61. The molecule has 1 spiro atoms. The Morgan fingerprint density at radius 3 is 1.70 bits per heavy atom. The Labute approximate surface area is 319 Å². The van der Waals surface area contributed by atoms with Crippen LogP contribution >= 0.6 is 0 Å². The minimum atomic E-state index is -0.0668. The van der Waals surface area contributed by atoms with Crippen molar-refractivity contribution in [2.75, 3.05) is 4.90 Å². The second-order valence-corrected chi connectivity index (χ2v) is 17.8. The van der Waals surface area contributed by atoms with Gasteiger partial charge in [-0.1, -0.05) is 123 Å². The average molecular weight is 696 g/mol. The van der Waals surface area contributed by atoms with Crippen LogP contribution in [-0.4, -0.2) is 0 Å². The summed E-state index contributed by atoms with van der Waals surface area (Å²) in [5.41, 5.74) is 18.0. The third kappa shape index (κ3) is 4.16. The van der Waals surface area contributed by atoms with Gasteiger partial charge in [0.05, 0.1) is 0 Å². The summed E-state index contributed by atoms with van der Waals surface area (Å²) in [7, 11) is 0. The van der Waals surface area contributed by atoms with Crippen molar-refractivity contribution < 1.29 is 0 Å². The van der Waals surface area contributed by atoms with Gasteiger partial charge in [-0.3, -0.25) is 0 Å². The van der Waals surface area contributed by atoms with Crippen LogP contribution in [0.2, 0.25) is 0 Å². The van der Waals surface area contributed by atoms with Crippen LogP contribution in [0.15, 0.2) is 152 Å². The number of anilines is 3. The molecule has 1 nitrogen and oxygen atoms in total. The van der Waals surface area contributed by atoms with E-state index in [0.29, 0.717) is 0 Å². The zero-order chi connectivity index (χ0) is 35.8. The van der Waals surface area contributed by atoms with Crippen LogP contribution in [0.25, 0.3) is 44.2 Å². The highest BCUT2D eigenvalue weighted by molar-refractivity contribution is 5.91.